The number of likely N-dealkylation sites (N-methyl/N-ethyl adjacent to an activating group) is 1. The molecule has 1 atom stereocenters. The molecule has 1 aliphatic carbocycles. The van der Waals surface area contributed by atoms with Crippen LogP contribution in [0.15, 0.2) is 67.0 Å². The lowest BCUT2D eigenvalue weighted by Gasteiger charge is -2.25. The van der Waals surface area contributed by atoms with E-state index in [2.05, 4.69) is 4.98 Å². The lowest BCUT2D eigenvalue weighted by atomic mass is 9.98. The lowest BCUT2D eigenvalue weighted by Crippen LogP contribution is -2.44. The van der Waals surface area contributed by atoms with Gasteiger partial charge in [-0.25, -0.2) is 9.59 Å². The summed E-state index contributed by atoms with van der Waals surface area (Å²) in [6.45, 7) is 0.0747. The van der Waals surface area contributed by atoms with E-state index in [4.69, 9.17) is 10.5 Å². The van der Waals surface area contributed by atoms with Crippen molar-refractivity contribution in [3.63, 3.8) is 0 Å². The van der Waals surface area contributed by atoms with Crippen LogP contribution in [0.25, 0.3) is 11.1 Å². The van der Waals surface area contributed by atoms with Gasteiger partial charge >= 0.3 is 12.1 Å². The Kier molecular flexibility index (Phi) is 6.08. The fourth-order valence-corrected chi connectivity index (χ4v) is 4.24. The fourth-order valence-electron chi connectivity index (χ4n) is 4.24. The van der Waals surface area contributed by atoms with Gasteiger partial charge in [0.25, 0.3) is 5.91 Å². The van der Waals surface area contributed by atoms with Crippen molar-refractivity contribution in [2.24, 2.45) is 5.73 Å². The van der Waals surface area contributed by atoms with Crippen molar-refractivity contribution < 1.29 is 24.2 Å². The Balaban J connectivity index is 1.50. The molecule has 0 bridgehead atoms. The first-order valence-electron chi connectivity index (χ1n) is 10.4. The maximum Gasteiger partial charge on any atom is 0.410 e. The normalized spacial score (nSPS) is 13.0. The number of nitrogens with zero attached hydrogens (tertiary/aromatic N) is 2. The van der Waals surface area contributed by atoms with Crippen LogP contribution < -0.4 is 5.73 Å². The number of aromatic nitrogens is 1. The second kappa shape index (κ2) is 9.12. The highest BCUT2D eigenvalue weighted by Crippen LogP contribution is 2.44. The molecule has 0 radical (unpaired) electrons. The van der Waals surface area contributed by atoms with E-state index in [1.54, 1.807) is 0 Å². The van der Waals surface area contributed by atoms with Gasteiger partial charge in [0.15, 0.2) is 0 Å². The molecule has 0 aliphatic heterocycles. The maximum atomic E-state index is 12.8. The molecule has 0 unspecified atom stereocenters. The topological polar surface area (TPSA) is 123 Å². The Labute approximate surface area is 190 Å². The first-order chi connectivity index (χ1) is 15.9. The van der Waals surface area contributed by atoms with Gasteiger partial charge in [-0.2, -0.15) is 0 Å². The highest BCUT2D eigenvalue weighted by atomic mass is 16.6. The Hall–Kier alpha value is -4.20. The van der Waals surface area contributed by atoms with Crippen LogP contribution in [0.4, 0.5) is 4.79 Å². The average Bonchev–Trinajstić information content (AvgIpc) is 3.14. The van der Waals surface area contributed by atoms with Crippen LogP contribution in [-0.2, 0) is 16.0 Å². The van der Waals surface area contributed by atoms with Crippen LogP contribution in [0.2, 0.25) is 0 Å². The van der Waals surface area contributed by atoms with Gasteiger partial charge in [-0.05, 0) is 33.9 Å². The first kappa shape index (κ1) is 22.0. The third kappa shape index (κ3) is 4.27. The number of rotatable bonds is 7. The van der Waals surface area contributed by atoms with E-state index in [1.165, 1.54) is 25.5 Å². The minimum atomic E-state index is -1.25. The molecule has 2 aromatic carbocycles. The van der Waals surface area contributed by atoms with Crippen LogP contribution >= 0.6 is 0 Å². The fraction of sp³-hybridized carbons (Fsp3) is 0.200. The van der Waals surface area contributed by atoms with Gasteiger partial charge in [-0.1, -0.05) is 48.5 Å². The van der Waals surface area contributed by atoms with Crippen molar-refractivity contribution in [3.8, 4) is 11.1 Å². The van der Waals surface area contributed by atoms with Crippen molar-refractivity contribution in [1.82, 2.24) is 9.88 Å². The van der Waals surface area contributed by atoms with E-state index in [0.717, 1.165) is 27.2 Å². The minimum absolute atomic E-state index is 0.0747. The molecule has 0 spiro atoms. The van der Waals surface area contributed by atoms with Gasteiger partial charge in [-0.3, -0.25) is 14.7 Å². The molecule has 33 heavy (non-hydrogen) atoms. The molecule has 168 valence electrons. The predicted molar refractivity (Wildman–Crippen MR) is 121 cm³/mol. The number of benzene rings is 2. The van der Waals surface area contributed by atoms with E-state index >= 15 is 0 Å². The zero-order valence-corrected chi connectivity index (χ0v) is 18.0. The third-order valence-electron chi connectivity index (χ3n) is 5.97. The van der Waals surface area contributed by atoms with E-state index < -0.39 is 24.0 Å². The molecule has 3 aromatic rings. The largest absolute Gasteiger partial charge is 0.480 e. The predicted octanol–water partition coefficient (Wildman–Crippen LogP) is 3.06. The Bertz CT molecular complexity index is 1180. The zero-order chi connectivity index (χ0) is 23.5. The number of amides is 2. The highest BCUT2D eigenvalue weighted by molar-refractivity contribution is 5.94. The summed E-state index contributed by atoms with van der Waals surface area (Å²) in [6, 6.07) is 16.2. The number of hydrogen-bond donors (Lipinski definition) is 2. The average molecular weight is 445 g/mol. The summed E-state index contributed by atoms with van der Waals surface area (Å²) in [5.74, 6) is -2.08. The summed E-state index contributed by atoms with van der Waals surface area (Å²) in [5.41, 5.74) is 10.2. The molecule has 8 nitrogen and oxygen atoms in total. The molecule has 2 amide bonds. The standard InChI is InChI=1S/C25H23N3O5/c1-28(22(24(30)31)12-15-10-11-27-13-20(15)23(26)29)25(32)33-14-21-18-8-4-2-6-16(18)17-7-3-5-9-19(17)21/h2-11,13,21-22H,12,14H2,1H3,(H2,26,29)(H,30,31)/t22-/m0/s1. The second-order valence-electron chi connectivity index (χ2n) is 7.87. The molecule has 0 saturated carbocycles. The number of hydrogen-bond acceptors (Lipinski definition) is 5. The van der Waals surface area contributed by atoms with E-state index in [-0.39, 0.29) is 24.5 Å². The molecular weight excluding hydrogens is 422 g/mol. The summed E-state index contributed by atoms with van der Waals surface area (Å²) >= 11 is 0. The van der Waals surface area contributed by atoms with Crippen LogP contribution in [-0.4, -0.2) is 52.7 Å². The number of carboxylic acids is 1. The number of pyridine rings is 1. The van der Waals surface area contributed by atoms with Crippen LogP contribution in [0.1, 0.15) is 33.0 Å². The van der Waals surface area contributed by atoms with Crippen LogP contribution in [0.5, 0.6) is 0 Å². The van der Waals surface area contributed by atoms with Crippen molar-refractivity contribution in [3.05, 3.63) is 89.2 Å². The first-order valence-corrected chi connectivity index (χ1v) is 10.4. The highest BCUT2D eigenvalue weighted by Gasteiger charge is 2.32. The van der Waals surface area contributed by atoms with Crippen LogP contribution in [0, 0.1) is 0 Å². The van der Waals surface area contributed by atoms with Gasteiger partial charge in [-0.15, -0.1) is 0 Å². The summed E-state index contributed by atoms with van der Waals surface area (Å²) in [7, 11) is 1.36. The molecule has 4 rings (SSSR count). The Morgan fingerprint density at radius 2 is 1.67 bits per heavy atom. The number of nitrogens with two attached hydrogens (primary N) is 1. The van der Waals surface area contributed by atoms with E-state index in [0.29, 0.717) is 5.56 Å². The van der Waals surface area contributed by atoms with Crippen molar-refractivity contribution in [2.75, 3.05) is 13.7 Å². The number of carboxylic acid groups (broad SMARTS) is 1. The van der Waals surface area contributed by atoms with Gasteiger partial charge in [0.1, 0.15) is 12.6 Å². The van der Waals surface area contributed by atoms with Gasteiger partial charge in [0.05, 0.1) is 5.56 Å². The molecule has 8 heteroatoms. The Morgan fingerprint density at radius 3 is 2.24 bits per heavy atom. The molecule has 3 N–H and O–H groups in total. The number of carbonyl (C=O) groups excluding carboxylic acids is 2. The third-order valence-corrected chi connectivity index (χ3v) is 5.97. The van der Waals surface area contributed by atoms with Crippen LogP contribution in [0.3, 0.4) is 0 Å². The molecule has 0 saturated heterocycles. The molecular formula is C25H23N3O5. The molecule has 1 aliphatic rings. The SMILES string of the molecule is CN(C(=O)OCC1c2ccccc2-c2ccccc21)[C@@H](Cc1ccncc1C(N)=O)C(=O)O. The Morgan fingerprint density at radius 1 is 1.06 bits per heavy atom. The lowest BCUT2D eigenvalue weighted by molar-refractivity contribution is -0.142. The number of fused-ring (bicyclic) bond motifs is 3. The summed E-state index contributed by atoms with van der Waals surface area (Å²) < 4.78 is 5.57. The summed E-state index contributed by atoms with van der Waals surface area (Å²) in [5, 5.41) is 9.74. The minimum Gasteiger partial charge on any atom is -0.480 e. The van der Waals surface area contributed by atoms with E-state index in [1.807, 2.05) is 48.5 Å². The maximum absolute atomic E-state index is 12.8. The van der Waals surface area contributed by atoms with Crippen molar-refractivity contribution in [2.45, 2.75) is 18.4 Å². The van der Waals surface area contributed by atoms with Gasteiger partial charge < -0.3 is 15.6 Å². The van der Waals surface area contributed by atoms with Crippen molar-refractivity contribution in [1.29, 1.82) is 0 Å². The summed E-state index contributed by atoms with van der Waals surface area (Å²) in [6.07, 6.45) is 1.84. The second-order valence-corrected chi connectivity index (χ2v) is 7.87. The quantitative estimate of drug-likeness (QED) is 0.576. The zero-order valence-electron chi connectivity index (χ0n) is 18.0. The van der Waals surface area contributed by atoms with Gasteiger partial charge in [0, 0.05) is 31.8 Å². The number of carbonyl (C=O) groups is 3. The number of aliphatic carboxylic acids is 1. The molecule has 1 aromatic heterocycles. The van der Waals surface area contributed by atoms with Gasteiger partial charge in [0.2, 0.25) is 0 Å². The van der Waals surface area contributed by atoms with Crippen molar-refractivity contribution >= 4 is 18.0 Å². The molecule has 1 heterocycles. The number of ether oxygens (including phenoxy) is 1. The number of primary amides is 1. The molecule has 0 fully saturated rings. The van der Waals surface area contributed by atoms with E-state index in [9.17, 15) is 19.5 Å². The smallest absolute Gasteiger partial charge is 0.410 e. The monoisotopic (exact) mass is 445 g/mol. The summed E-state index contributed by atoms with van der Waals surface area (Å²) in [4.78, 5) is 41.3.